The Morgan fingerprint density at radius 3 is 2.40 bits per heavy atom. The number of alkyl halides is 1. The van der Waals surface area contributed by atoms with Gasteiger partial charge in [0.05, 0.1) is 23.8 Å². The highest BCUT2D eigenvalue weighted by Gasteiger charge is 2.17. The lowest BCUT2D eigenvalue weighted by atomic mass is 9.98. The summed E-state index contributed by atoms with van der Waals surface area (Å²) in [5.41, 5.74) is 1.02. The summed E-state index contributed by atoms with van der Waals surface area (Å²) in [5.74, 6) is -0.261. The normalized spacial score (nSPS) is 19.9. The van der Waals surface area contributed by atoms with E-state index in [9.17, 15) is 4.79 Å². The Labute approximate surface area is 122 Å². The molecule has 1 aromatic carbocycles. The second kappa shape index (κ2) is 8.43. The van der Waals surface area contributed by atoms with Crippen molar-refractivity contribution in [3.05, 3.63) is 29.8 Å². The number of ether oxygens (including phenoxy) is 1. The molecule has 0 bridgehead atoms. The lowest BCUT2D eigenvalue weighted by molar-refractivity contribution is 0.0697. The molecule has 5 nitrogen and oxygen atoms in total. The second-order valence-electron chi connectivity index (χ2n) is 4.34. The van der Waals surface area contributed by atoms with Gasteiger partial charge in [-0.2, -0.15) is 0 Å². The van der Waals surface area contributed by atoms with E-state index in [1.807, 2.05) is 0 Å². The van der Waals surface area contributed by atoms with Gasteiger partial charge in [0.25, 0.3) is 0 Å². The fraction of sp³-hybridized carbons (Fsp3) is 0.429. The van der Waals surface area contributed by atoms with E-state index < -0.39 is 5.97 Å². The van der Waals surface area contributed by atoms with Crippen molar-refractivity contribution in [1.82, 2.24) is 0 Å². The molecule has 0 spiro atoms. The SMILES string of the molecule is COc1ccc(C(=O)O)cc1.ON=C1CCCCC1Cl. The van der Waals surface area contributed by atoms with Crippen LogP contribution in [0, 0.1) is 0 Å². The molecule has 1 aliphatic carbocycles. The van der Waals surface area contributed by atoms with Gasteiger partial charge in [-0.3, -0.25) is 0 Å². The van der Waals surface area contributed by atoms with Crippen LogP contribution < -0.4 is 4.74 Å². The van der Waals surface area contributed by atoms with Gasteiger partial charge in [0.1, 0.15) is 5.75 Å². The van der Waals surface area contributed by atoms with Crippen LogP contribution in [-0.4, -0.2) is 34.5 Å². The summed E-state index contributed by atoms with van der Waals surface area (Å²) in [7, 11) is 1.54. The second-order valence-corrected chi connectivity index (χ2v) is 4.87. The first-order valence-electron chi connectivity index (χ1n) is 6.30. The van der Waals surface area contributed by atoms with E-state index in [1.54, 1.807) is 12.1 Å². The third-order valence-electron chi connectivity index (χ3n) is 2.97. The lowest BCUT2D eigenvalue weighted by Crippen LogP contribution is -2.18. The fourth-order valence-corrected chi connectivity index (χ4v) is 2.11. The fourth-order valence-electron chi connectivity index (χ4n) is 1.80. The highest BCUT2D eigenvalue weighted by atomic mass is 35.5. The van der Waals surface area contributed by atoms with Gasteiger partial charge in [0.15, 0.2) is 0 Å². The average Bonchev–Trinajstić information content (AvgIpc) is 2.48. The molecule has 110 valence electrons. The number of hydrogen-bond donors (Lipinski definition) is 2. The molecule has 20 heavy (non-hydrogen) atoms. The van der Waals surface area contributed by atoms with Gasteiger partial charge in [0, 0.05) is 0 Å². The zero-order chi connectivity index (χ0) is 15.0. The summed E-state index contributed by atoms with van der Waals surface area (Å²) in [6.45, 7) is 0. The van der Waals surface area contributed by atoms with Crippen LogP contribution in [0.2, 0.25) is 0 Å². The van der Waals surface area contributed by atoms with Crippen LogP contribution >= 0.6 is 11.6 Å². The number of carbonyl (C=O) groups is 1. The zero-order valence-corrected chi connectivity index (χ0v) is 12.0. The van der Waals surface area contributed by atoms with E-state index >= 15 is 0 Å². The number of carboxylic acids is 1. The number of halogens is 1. The molecule has 1 atom stereocenters. The first-order valence-corrected chi connectivity index (χ1v) is 6.74. The molecule has 0 heterocycles. The minimum Gasteiger partial charge on any atom is -0.497 e. The number of rotatable bonds is 2. The molecule has 0 saturated heterocycles. The minimum atomic E-state index is -0.923. The standard InChI is InChI=1S/C8H8O3.C6H10ClNO/c1-11-7-4-2-6(3-5-7)8(9)10;7-5-3-1-2-4-6(5)8-9/h2-5H,1H3,(H,9,10);5,9H,1-4H2. The summed E-state index contributed by atoms with van der Waals surface area (Å²) >= 11 is 5.79. The Bertz CT molecular complexity index is 459. The topological polar surface area (TPSA) is 79.1 Å². The summed E-state index contributed by atoms with van der Waals surface area (Å²) in [6.07, 6.45) is 4.10. The largest absolute Gasteiger partial charge is 0.497 e. The van der Waals surface area contributed by atoms with Crippen molar-refractivity contribution in [2.45, 2.75) is 31.1 Å². The minimum absolute atomic E-state index is 0.0104. The molecule has 0 aliphatic heterocycles. The summed E-state index contributed by atoms with van der Waals surface area (Å²) in [6, 6.07) is 6.23. The Morgan fingerprint density at radius 1 is 1.35 bits per heavy atom. The molecule has 2 N–H and O–H groups in total. The Kier molecular flexibility index (Phi) is 6.87. The predicted octanol–water partition coefficient (Wildman–Crippen LogP) is 3.39. The summed E-state index contributed by atoms with van der Waals surface area (Å²) in [4.78, 5) is 10.4. The van der Waals surface area contributed by atoms with E-state index in [4.69, 9.17) is 26.7 Å². The van der Waals surface area contributed by atoms with Crippen LogP contribution in [0.3, 0.4) is 0 Å². The van der Waals surface area contributed by atoms with Crippen molar-refractivity contribution in [1.29, 1.82) is 0 Å². The van der Waals surface area contributed by atoms with Gasteiger partial charge in [-0.15, -0.1) is 11.6 Å². The zero-order valence-electron chi connectivity index (χ0n) is 11.3. The number of benzene rings is 1. The van der Waals surface area contributed by atoms with E-state index in [1.165, 1.54) is 19.2 Å². The van der Waals surface area contributed by atoms with Crippen molar-refractivity contribution in [2.75, 3.05) is 7.11 Å². The quantitative estimate of drug-likeness (QED) is 0.498. The molecule has 1 fully saturated rings. The van der Waals surface area contributed by atoms with Crippen molar-refractivity contribution in [3.8, 4) is 5.75 Å². The van der Waals surface area contributed by atoms with Crippen LogP contribution in [0.4, 0.5) is 0 Å². The third-order valence-corrected chi connectivity index (χ3v) is 3.44. The van der Waals surface area contributed by atoms with Crippen LogP contribution in [0.15, 0.2) is 29.4 Å². The van der Waals surface area contributed by atoms with E-state index in [0.29, 0.717) is 5.75 Å². The number of carboxylic acid groups (broad SMARTS) is 1. The third kappa shape index (κ3) is 5.09. The molecule has 0 aromatic heterocycles. The molecule has 0 radical (unpaired) electrons. The van der Waals surface area contributed by atoms with Gasteiger partial charge >= 0.3 is 5.97 Å². The molecule has 1 saturated carbocycles. The number of hydrogen-bond acceptors (Lipinski definition) is 4. The molecule has 1 unspecified atom stereocenters. The number of aromatic carboxylic acids is 1. The Balaban J connectivity index is 0.000000204. The lowest BCUT2D eigenvalue weighted by Gasteiger charge is -2.15. The number of oxime groups is 1. The van der Waals surface area contributed by atoms with E-state index in [0.717, 1.165) is 31.4 Å². The molecule has 6 heteroatoms. The van der Waals surface area contributed by atoms with Crippen LogP contribution in [0.1, 0.15) is 36.0 Å². The van der Waals surface area contributed by atoms with E-state index in [-0.39, 0.29) is 10.9 Å². The van der Waals surface area contributed by atoms with Crippen molar-refractivity contribution in [3.63, 3.8) is 0 Å². The van der Waals surface area contributed by atoms with Gasteiger partial charge in [0.2, 0.25) is 0 Å². The number of methoxy groups -OCH3 is 1. The van der Waals surface area contributed by atoms with Crippen molar-refractivity contribution >= 4 is 23.3 Å². The molecule has 0 amide bonds. The number of nitrogens with zero attached hydrogens (tertiary/aromatic N) is 1. The van der Waals surface area contributed by atoms with Crippen LogP contribution in [0.5, 0.6) is 5.75 Å². The maximum absolute atomic E-state index is 10.4. The first kappa shape index (κ1) is 16.3. The van der Waals surface area contributed by atoms with Gasteiger partial charge in [-0.25, -0.2) is 4.79 Å². The van der Waals surface area contributed by atoms with Crippen molar-refractivity contribution < 1.29 is 19.8 Å². The summed E-state index contributed by atoms with van der Waals surface area (Å²) in [5, 5.41) is 20.0. The van der Waals surface area contributed by atoms with Gasteiger partial charge in [-0.1, -0.05) is 11.6 Å². The van der Waals surface area contributed by atoms with Crippen molar-refractivity contribution in [2.24, 2.45) is 5.16 Å². The highest BCUT2D eigenvalue weighted by molar-refractivity contribution is 6.32. The van der Waals surface area contributed by atoms with Gasteiger partial charge < -0.3 is 15.1 Å². The Morgan fingerprint density at radius 2 is 2.00 bits per heavy atom. The van der Waals surface area contributed by atoms with Crippen LogP contribution in [-0.2, 0) is 0 Å². The van der Waals surface area contributed by atoms with Crippen LogP contribution in [0.25, 0.3) is 0 Å². The predicted molar refractivity (Wildman–Crippen MR) is 77.3 cm³/mol. The average molecular weight is 300 g/mol. The molecule has 2 rings (SSSR count). The smallest absolute Gasteiger partial charge is 0.335 e. The first-order chi connectivity index (χ1) is 9.58. The molecular weight excluding hydrogens is 282 g/mol. The maximum Gasteiger partial charge on any atom is 0.335 e. The van der Waals surface area contributed by atoms with E-state index in [2.05, 4.69) is 5.16 Å². The maximum atomic E-state index is 10.4. The molecular formula is C14H18ClNO4. The molecule has 1 aliphatic rings. The Hall–Kier alpha value is -1.75. The monoisotopic (exact) mass is 299 g/mol. The summed E-state index contributed by atoms with van der Waals surface area (Å²) < 4.78 is 4.86. The molecule has 1 aromatic rings. The van der Waals surface area contributed by atoms with Gasteiger partial charge in [-0.05, 0) is 43.5 Å². The highest BCUT2D eigenvalue weighted by Crippen LogP contribution is 2.19.